The van der Waals surface area contributed by atoms with Gasteiger partial charge in [-0.05, 0) is 59.7 Å². The van der Waals surface area contributed by atoms with E-state index in [1.807, 2.05) is 20.0 Å². The highest BCUT2D eigenvalue weighted by atomic mass is 15.3. The van der Waals surface area contributed by atoms with Crippen molar-refractivity contribution < 1.29 is 0 Å². The van der Waals surface area contributed by atoms with Crippen LogP contribution in [0.4, 0.5) is 0 Å². The van der Waals surface area contributed by atoms with Crippen molar-refractivity contribution in [1.82, 2.24) is 10.7 Å². The first-order valence-corrected chi connectivity index (χ1v) is 10.1. The molecule has 0 saturated carbocycles. The zero-order valence-corrected chi connectivity index (χ0v) is 17.2. The van der Waals surface area contributed by atoms with Crippen molar-refractivity contribution in [3.8, 4) is 0 Å². The Balaban J connectivity index is 1.73. The molecule has 0 bridgehead atoms. The summed E-state index contributed by atoms with van der Waals surface area (Å²) in [5.41, 5.74) is 7.58. The van der Waals surface area contributed by atoms with Crippen molar-refractivity contribution in [3.05, 3.63) is 102 Å². The highest BCUT2D eigenvalue weighted by Gasteiger charge is 2.11. The fraction of sp³-hybridized carbons (Fsp3) is 0.192. The Hall–Kier alpha value is -3.33. The number of nitrogens with one attached hydrogen (secondary N) is 2. The molecule has 2 aromatic rings. The lowest BCUT2D eigenvalue weighted by Gasteiger charge is -2.17. The maximum Gasteiger partial charge on any atom is 0.0594 e. The SMILES string of the molecule is C=NN/C(=C\CC1C=CC(/C(=C/C=C\C)NC)=CC1)c1ccc2ccccc2c1. The van der Waals surface area contributed by atoms with Gasteiger partial charge in [-0.2, -0.15) is 5.10 Å². The second kappa shape index (κ2) is 10.3. The third kappa shape index (κ3) is 5.35. The normalized spacial score (nSPS) is 17.4. The largest absolute Gasteiger partial charge is 0.388 e. The van der Waals surface area contributed by atoms with E-state index in [0.717, 1.165) is 29.8 Å². The number of nitrogens with zero attached hydrogens (tertiary/aromatic N) is 1. The molecule has 0 aromatic heterocycles. The summed E-state index contributed by atoms with van der Waals surface area (Å²) in [6.07, 6.45) is 17.2. The van der Waals surface area contributed by atoms with Crippen molar-refractivity contribution >= 4 is 23.2 Å². The number of likely N-dealkylation sites (N-methyl/N-ethyl adjacent to an activating group) is 1. The molecule has 0 aliphatic heterocycles. The Labute approximate surface area is 173 Å². The number of fused-ring (bicyclic) bond motifs is 1. The predicted molar refractivity (Wildman–Crippen MR) is 127 cm³/mol. The van der Waals surface area contributed by atoms with E-state index in [-0.39, 0.29) is 0 Å². The highest BCUT2D eigenvalue weighted by molar-refractivity contribution is 5.86. The summed E-state index contributed by atoms with van der Waals surface area (Å²) < 4.78 is 0. The molecule has 0 saturated heterocycles. The van der Waals surface area contributed by atoms with Gasteiger partial charge in [0.15, 0.2) is 0 Å². The van der Waals surface area contributed by atoms with Gasteiger partial charge < -0.3 is 5.32 Å². The molecular weight excluding hydrogens is 354 g/mol. The number of allylic oxidation sites excluding steroid dienone is 7. The number of hydrazone groups is 1. The van der Waals surface area contributed by atoms with E-state index >= 15 is 0 Å². The van der Waals surface area contributed by atoms with E-state index < -0.39 is 0 Å². The summed E-state index contributed by atoms with van der Waals surface area (Å²) in [5.74, 6) is 0.473. The lowest BCUT2D eigenvalue weighted by molar-refractivity contribution is 0.663. The molecule has 1 aliphatic carbocycles. The molecule has 2 aromatic carbocycles. The van der Waals surface area contributed by atoms with E-state index in [0.29, 0.717) is 5.92 Å². The second-order valence-electron chi connectivity index (χ2n) is 7.06. The van der Waals surface area contributed by atoms with Crippen molar-refractivity contribution in [2.24, 2.45) is 11.0 Å². The van der Waals surface area contributed by atoms with Gasteiger partial charge in [-0.1, -0.05) is 72.9 Å². The minimum absolute atomic E-state index is 0.473. The van der Waals surface area contributed by atoms with E-state index in [4.69, 9.17) is 0 Å². The maximum absolute atomic E-state index is 3.91. The number of hydrogen-bond acceptors (Lipinski definition) is 3. The summed E-state index contributed by atoms with van der Waals surface area (Å²) in [5, 5.41) is 9.64. The van der Waals surface area contributed by atoms with Crippen LogP contribution in [-0.4, -0.2) is 13.8 Å². The first kappa shape index (κ1) is 20.4. The molecule has 3 nitrogen and oxygen atoms in total. The molecule has 148 valence electrons. The number of hydrogen-bond donors (Lipinski definition) is 2. The second-order valence-corrected chi connectivity index (χ2v) is 7.06. The van der Waals surface area contributed by atoms with Gasteiger partial charge in [0.25, 0.3) is 0 Å². The molecule has 1 aliphatic rings. The first-order valence-electron chi connectivity index (χ1n) is 10.1. The van der Waals surface area contributed by atoms with Crippen LogP contribution in [0.5, 0.6) is 0 Å². The molecule has 0 fully saturated rings. The van der Waals surface area contributed by atoms with Gasteiger partial charge >= 0.3 is 0 Å². The Morgan fingerprint density at radius 3 is 2.69 bits per heavy atom. The van der Waals surface area contributed by atoms with Crippen molar-refractivity contribution in [3.63, 3.8) is 0 Å². The standard InChI is InChI=1S/C26H29N3/c1-4-5-10-25(27-2)22-14-11-20(12-15-22)13-18-26(29-28-3)24-17-16-21-8-6-7-9-23(21)19-24/h4-11,14-20,27,29H,3,12-13H2,1-2H3/b5-4-,25-10-,26-18-. The minimum atomic E-state index is 0.473. The van der Waals surface area contributed by atoms with Gasteiger partial charge in [-0.3, -0.25) is 5.43 Å². The summed E-state index contributed by atoms with van der Waals surface area (Å²) >= 11 is 0. The average molecular weight is 384 g/mol. The molecule has 1 unspecified atom stereocenters. The van der Waals surface area contributed by atoms with Crippen LogP contribution in [0.2, 0.25) is 0 Å². The quantitative estimate of drug-likeness (QED) is 0.335. The van der Waals surface area contributed by atoms with E-state index in [2.05, 4.69) is 101 Å². The maximum atomic E-state index is 3.91. The van der Waals surface area contributed by atoms with E-state index in [1.165, 1.54) is 16.3 Å². The van der Waals surface area contributed by atoms with Gasteiger partial charge in [0.1, 0.15) is 0 Å². The Kier molecular flexibility index (Phi) is 7.23. The topological polar surface area (TPSA) is 36.4 Å². The zero-order valence-electron chi connectivity index (χ0n) is 17.2. The van der Waals surface area contributed by atoms with Crippen molar-refractivity contribution in [1.29, 1.82) is 0 Å². The van der Waals surface area contributed by atoms with Gasteiger partial charge in [-0.15, -0.1) is 0 Å². The lowest BCUT2D eigenvalue weighted by atomic mass is 9.92. The smallest absolute Gasteiger partial charge is 0.0594 e. The molecule has 0 amide bonds. The molecule has 0 heterocycles. The minimum Gasteiger partial charge on any atom is -0.388 e. The highest BCUT2D eigenvalue weighted by Crippen LogP contribution is 2.25. The molecule has 29 heavy (non-hydrogen) atoms. The number of benzene rings is 2. The van der Waals surface area contributed by atoms with Crippen LogP contribution in [0.25, 0.3) is 16.5 Å². The Bertz CT molecular complexity index is 1010. The zero-order chi connectivity index (χ0) is 20.5. The lowest BCUT2D eigenvalue weighted by Crippen LogP contribution is -2.10. The fourth-order valence-electron chi connectivity index (χ4n) is 3.49. The van der Waals surface area contributed by atoms with Crippen LogP contribution in [0.15, 0.2) is 101 Å². The van der Waals surface area contributed by atoms with Crippen LogP contribution >= 0.6 is 0 Å². The van der Waals surface area contributed by atoms with Gasteiger partial charge in [0.05, 0.1) is 5.70 Å². The van der Waals surface area contributed by atoms with Gasteiger partial charge in [0.2, 0.25) is 0 Å². The molecular formula is C26H29N3. The average Bonchev–Trinajstić information content (AvgIpc) is 2.77. The van der Waals surface area contributed by atoms with Crippen molar-refractivity contribution in [2.75, 3.05) is 7.05 Å². The predicted octanol–water partition coefficient (Wildman–Crippen LogP) is 5.96. The van der Waals surface area contributed by atoms with Gasteiger partial charge in [0, 0.05) is 19.5 Å². The van der Waals surface area contributed by atoms with E-state index in [9.17, 15) is 0 Å². The summed E-state index contributed by atoms with van der Waals surface area (Å²) in [4.78, 5) is 0. The molecule has 2 N–H and O–H groups in total. The molecule has 3 rings (SSSR count). The molecule has 0 radical (unpaired) electrons. The van der Waals surface area contributed by atoms with Crippen molar-refractivity contribution in [2.45, 2.75) is 19.8 Å². The first-order chi connectivity index (χ1) is 14.2. The van der Waals surface area contributed by atoms with Crippen LogP contribution in [0.3, 0.4) is 0 Å². The monoisotopic (exact) mass is 383 g/mol. The van der Waals surface area contributed by atoms with Crippen LogP contribution in [-0.2, 0) is 0 Å². The van der Waals surface area contributed by atoms with E-state index in [1.54, 1.807) is 0 Å². The van der Waals surface area contributed by atoms with Gasteiger partial charge in [-0.25, -0.2) is 0 Å². The molecule has 1 atom stereocenters. The van der Waals surface area contributed by atoms with Crippen LogP contribution in [0.1, 0.15) is 25.3 Å². The third-order valence-electron chi connectivity index (χ3n) is 5.11. The molecule has 0 spiro atoms. The Morgan fingerprint density at radius 2 is 2.00 bits per heavy atom. The third-order valence-corrected chi connectivity index (χ3v) is 5.11. The summed E-state index contributed by atoms with van der Waals surface area (Å²) in [7, 11) is 1.96. The number of rotatable bonds is 8. The summed E-state index contributed by atoms with van der Waals surface area (Å²) in [6, 6.07) is 14.9. The van der Waals surface area contributed by atoms with Crippen LogP contribution < -0.4 is 10.7 Å². The summed E-state index contributed by atoms with van der Waals surface area (Å²) in [6.45, 7) is 5.63. The Morgan fingerprint density at radius 1 is 1.17 bits per heavy atom. The van der Waals surface area contributed by atoms with Crippen LogP contribution in [0, 0.1) is 5.92 Å². The fourth-order valence-corrected chi connectivity index (χ4v) is 3.49. The molecule has 3 heteroatoms.